The predicted octanol–water partition coefficient (Wildman–Crippen LogP) is 1.28. The van der Waals surface area contributed by atoms with E-state index in [4.69, 9.17) is 9.47 Å². The Morgan fingerprint density at radius 1 is 1.23 bits per heavy atom. The minimum Gasteiger partial charge on any atom is -0.495 e. The maximum absolute atomic E-state index is 13.0. The second-order valence-corrected chi connectivity index (χ2v) is 8.37. The van der Waals surface area contributed by atoms with Gasteiger partial charge in [0.25, 0.3) is 5.91 Å². The van der Waals surface area contributed by atoms with E-state index in [0.29, 0.717) is 0 Å². The molecule has 2 rings (SSSR count). The number of hydrogen-bond donors (Lipinski definition) is 0. The minimum atomic E-state index is -4.78. The maximum atomic E-state index is 13.0. The third-order valence-electron chi connectivity index (χ3n) is 4.28. The van der Waals surface area contributed by atoms with E-state index < -0.39 is 41.2 Å². The van der Waals surface area contributed by atoms with E-state index in [0.717, 1.165) is 16.4 Å². The van der Waals surface area contributed by atoms with E-state index in [1.807, 2.05) is 0 Å². The lowest BCUT2D eigenvalue weighted by atomic mass is 10.2. The molecule has 1 amide bonds. The summed E-state index contributed by atoms with van der Waals surface area (Å²) in [5, 5.41) is 0. The summed E-state index contributed by atoms with van der Waals surface area (Å²) in [6.07, 6.45) is -4.78. The molecule has 13 heteroatoms. The average Bonchev–Trinajstić information content (AvgIpc) is 2.72. The lowest BCUT2D eigenvalue weighted by Gasteiger charge is -2.27. The molecule has 174 valence electrons. The molecule has 0 unspecified atom stereocenters. The monoisotopic (exact) mass is 468 g/mol. The van der Waals surface area contributed by atoms with Crippen LogP contribution in [-0.4, -0.2) is 88.8 Å². The van der Waals surface area contributed by atoms with Crippen LogP contribution in [0.4, 0.5) is 13.2 Å². The Morgan fingerprint density at radius 3 is 2.42 bits per heavy atom. The van der Waals surface area contributed by atoms with Crippen LogP contribution in [-0.2, 0) is 24.3 Å². The smallest absolute Gasteiger partial charge is 0.406 e. The zero-order chi connectivity index (χ0) is 23.2. The molecule has 1 heterocycles. The van der Waals surface area contributed by atoms with Crippen LogP contribution in [0.5, 0.6) is 5.75 Å². The van der Waals surface area contributed by atoms with E-state index in [1.54, 1.807) is 0 Å². The number of hydrogen-bond acceptors (Lipinski definition) is 7. The summed E-state index contributed by atoms with van der Waals surface area (Å²) in [4.78, 5) is 24.3. The first-order chi connectivity index (χ1) is 14.5. The number of nitrogens with zero attached hydrogens (tertiary/aromatic N) is 2. The van der Waals surface area contributed by atoms with Gasteiger partial charge in [0.15, 0.2) is 0 Å². The second kappa shape index (κ2) is 10.3. The van der Waals surface area contributed by atoms with Gasteiger partial charge in [-0.2, -0.15) is 17.5 Å². The maximum Gasteiger partial charge on any atom is 0.406 e. The summed E-state index contributed by atoms with van der Waals surface area (Å²) >= 11 is 0. The minimum absolute atomic E-state index is 0.0721. The first-order valence-electron chi connectivity index (χ1n) is 9.27. The van der Waals surface area contributed by atoms with Gasteiger partial charge in [-0.15, -0.1) is 0 Å². The van der Waals surface area contributed by atoms with E-state index >= 15 is 0 Å². The van der Waals surface area contributed by atoms with E-state index in [2.05, 4.69) is 4.74 Å². The number of sulfonamides is 1. The highest BCUT2D eigenvalue weighted by atomic mass is 32.2. The van der Waals surface area contributed by atoms with Gasteiger partial charge in [-0.3, -0.25) is 9.59 Å². The molecule has 0 N–H and O–H groups in total. The molecular formula is C18H23F3N2O7S. The standard InChI is InChI=1S/C18H23F3N2O7S/c1-3-30-16(24)11-22(12-18(19,20)21)17(25)13-4-5-14(28-2)15(10-13)31(26,27)23-6-8-29-9-7-23/h4-5,10H,3,6-9,11-12H2,1-2H3. The number of amides is 1. The van der Waals surface area contributed by atoms with Gasteiger partial charge in [-0.05, 0) is 25.1 Å². The largest absolute Gasteiger partial charge is 0.495 e. The zero-order valence-corrected chi connectivity index (χ0v) is 17.8. The van der Waals surface area contributed by atoms with Crippen molar-refractivity contribution < 1.29 is 45.4 Å². The van der Waals surface area contributed by atoms with Crippen molar-refractivity contribution in [3.63, 3.8) is 0 Å². The molecule has 31 heavy (non-hydrogen) atoms. The van der Waals surface area contributed by atoms with Crippen molar-refractivity contribution in [2.45, 2.75) is 18.0 Å². The Balaban J connectivity index is 2.42. The molecule has 0 saturated carbocycles. The van der Waals surface area contributed by atoms with E-state index in [1.165, 1.54) is 20.1 Å². The molecule has 1 aromatic rings. The Kier molecular flexibility index (Phi) is 8.26. The number of morpholine rings is 1. The lowest BCUT2D eigenvalue weighted by molar-refractivity contribution is -0.153. The van der Waals surface area contributed by atoms with Gasteiger partial charge in [-0.25, -0.2) is 8.42 Å². The molecule has 0 aromatic heterocycles. The summed E-state index contributed by atoms with van der Waals surface area (Å²) in [5.74, 6) is -2.27. The van der Waals surface area contributed by atoms with E-state index in [9.17, 15) is 31.2 Å². The number of halogens is 3. The van der Waals surface area contributed by atoms with Gasteiger partial charge in [0.2, 0.25) is 10.0 Å². The van der Waals surface area contributed by atoms with Gasteiger partial charge in [0, 0.05) is 18.7 Å². The third kappa shape index (κ3) is 6.55. The molecule has 0 radical (unpaired) electrons. The van der Waals surface area contributed by atoms with E-state index in [-0.39, 0.29) is 54.0 Å². The highest BCUT2D eigenvalue weighted by Gasteiger charge is 2.36. The van der Waals surface area contributed by atoms with Crippen LogP contribution in [0.25, 0.3) is 0 Å². The van der Waals surface area contributed by atoms with Crippen LogP contribution in [0.3, 0.4) is 0 Å². The van der Waals surface area contributed by atoms with Gasteiger partial charge in [-0.1, -0.05) is 0 Å². The fourth-order valence-corrected chi connectivity index (χ4v) is 4.49. The number of ether oxygens (including phenoxy) is 3. The van der Waals surface area contributed by atoms with Gasteiger partial charge in [0.1, 0.15) is 23.7 Å². The highest BCUT2D eigenvalue weighted by Crippen LogP contribution is 2.29. The van der Waals surface area contributed by atoms with Crippen molar-refractivity contribution in [1.82, 2.24) is 9.21 Å². The summed E-state index contributed by atoms with van der Waals surface area (Å²) < 4.78 is 80.9. The molecule has 0 atom stereocenters. The molecule has 1 aliphatic rings. The number of carbonyl (C=O) groups excluding carboxylic acids is 2. The fourth-order valence-electron chi connectivity index (χ4n) is 2.90. The van der Waals surface area contributed by atoms with Crippen molar-refractivity contribution in [3.8, 4) is 5.75 Å². The normalized spacial score (nSPS) is 15.4. The number of carbonyl (C=O) groups is 2. The van der Waals surface area contributed by atoms with Crippen molar-refractivity contribution >= 4 is 21.9 Å². The number of esters is 1. The second-order valence-electron chi connectivity index (χ2n) is 6.46. The molecule has 1 aliphatic heterocycles. The van der Waals surface area contributed by atoms with Gasteiger partial charge < -0.3 is 19.1 Å². The van der Waals surface area contributed by atoms with Crippen LogP contribution >= 0.6 is 0 Å². The zero-order valence-electron chi connectivity index (χ0n) is 17.0. The van der Waals surface area contributed by atoms with Crippen LogP contribution in [0.1, 0.15) is 17.3 Å². The molecular weight excluding hydrogens is 445 g/mol. The first kappa shape index (κ1) is 24.9. The summed E-state index contributed by atoms with van der Waals surface area (Å²) in [7, 11) is -2.88. The third-order valence-corrected chi connectivity index (χ3v) is 6.20. The molecule has 0 bridgehead atoms. The Morgan fingerprint density at radius 2 is 1.87 bits per heavy atom. The molecule has 9 nitrogen and oxygen atoms in total. The van der Waals surface area contributed by atoms with Gasteiger partial charge in [0.05, 0.1) is 26.9 Å². The molecule has 0 aliphatic carbocycles. The molecule has 1 saturated heterocycles. The number of alkyl halides is 3. The quantitative estimate of drug-likeness (QED) is 0.530. The lowest BCUT2D eigenvalue weighted by Crippen LogP contribution is -2.43. The number of methoxy groups -OCH3 is 1. The Bertz CT molecular complexity index is 900. The Hall–Kier alpha value is -2.38. The summed E-state index contributed by atoms with van der Waals surface area (Å²) in [5.41, 5.74) is -0.346. The van der Waals surface area contributed by atoms with Crippen LogP contribution < -0.4 is 4.74 Å². The fraction of sp³-hybridized carbons (Fsp3) is 0.556. The van der Waals surface area contributed by atoms with Crippen LogP contribution in [0, 0.1) is 0 Å². The number of benzene rings is 1. The SMILES string of the molecule is CCOC(=O)CN(CC(F)(F)F)C(=O)c1ccc(OC)c(S(=O)(=O)N2CCOCC2)c1. The highest BCUT2D eigenvalue weighted by molar-refractivity contribution is 7.89. The predicted molar refractivity (Wildman–Crippen MR) is 101 cm³/mol. The van der Waals surface area contributed by atoms with Crippen molar-refractivity contribution in [1.29, 1.82) is 0 Å². The molecule has 1 aromatic carbocycles. The van der Waals surface area contributed by atoms with Crippen LogP contribution in [0.2, 0.25) is 0 Å². The first-order valence-corrected chi connectivity index (χ1v) is 10.7. The van der Waals surface area contributed by atoms with Crippen molar-refractivity contribution in [3.05, 3.63) is 23.8 Å². The summed E-state index contributed by atoms with van der Waals surface area (Å²) in [6, 6.07) is 3.26. The summed E-state index contributed by atoms with van der Waals surface area (Å²) in [6.45, 7) is -0.735. The van der Waals surface area contributed by atoms with Crippen molar-refractivity contribution in [2.75, 3.05) is 53.1 Å². The van der Waals surface area contributed by atoms with Gasteiger partial charge >= 0.3 is 12.1 Å². The average molecular weight is 468 g/mol. The molecule has 1 fully saturated rings. The Labute approximate surface area is 177 Å². The topological polar surface area (TPSA) is 102 Å². The van der Waals surface area contributed by atoms with Crippen LogP contribution in [0.15, 0.2) is 23.1 Å². The van der Waals surface area contributed by atoms with Crippen molar-refractivity contribution in [2.24, 2.45) is 0 Å². The number of rotatable bonds is 8. The molecule has 0 spiro atoms.